The van der Waals surface area contributed by atoms with Crippen LogP contribution < -0.4 is 4.90 Å². The summed E-state index contributed by atoms with van der Waals surface area (Å²) in [6, 6.07) is 16.7. The van der Waals surface area contributed by atoms with Crippen LogP contribution in [0, 0.1) is 13.8 Å². The molecule has 6 nitrogen and oxygen atoms in total. The highest BCUT2D eigenvalue weighted by Crippen LogP contribution is 2.23. The highest BCUT2D eigenvalue weighted by molar-refractivity contribution is 6.31. The molecular formula is C27H31ClN4O2. The van der Waals surface area contributed by atoms with Gasteiger partial charge < -0.3 is 14.5 Å². The Morgan fingerprint density at radius 1 is 1.06 bits per heavy atom. The second-order valence-electron chi connectivity index (χ2n) is 8.73. The molecule has 1 amide bonds. The zero-order valence-electron chi connectivity index (χ0n) is 20.0. The fourth-order valence-corrected chi connectivity index (χ4v) is 4.29. The number of anilines is 1. The van der Waals surface area contributed by atoms with Crippen LogP contribution in [-0.4, -0.2) is 53.9 Å². The molecule has 2 aromatic carbocycles. The average Bonchev–Trinajstić information content (AvgIpc) is 3.12. The third kappa shape index (κ3) is 5.88. The van der Waals surface area contributed by atoms with Crippen molar-refractivity contribution in [3.63, 3.8) is 0 Å². The van der Waals surface area contributed by atoms with Crippen molar-refractivity contribution in [2.75, 3.05) is 38.3 Å². The molecule has 7 heteroatoms. The van der Waals surface area contributed by atoms with Crippen LogP contribution in [0.25, 0.3) is 6.08 Å². The molecule has 1 aromatic heterocycles. The molecule has 0 radical (unpaired) electrons. The number of benzene rings is 2. The molecule has 0 saturated carbocycles. The van der Waals surface area contributed by atoms with Gasteiger partial charge in [-0.3, -0.25) is 4.79 Å². The van der Waals surface area contributed by atoms with Crippen molar-refractivity contribution in [1.82, 2.24) is 14.7 Å². The number of hydrogen-bond donors (Lipinski definition) is 0. The number of aromatic nitrogens is 2. The highest BCUT2D eigenvalue weighted by Gasteiger charge is 2.14. The summed E-state index contributed by atoms with van der Waals surface area (Å²) in [6.07, 6.45) is 3.32. The van der Waals surface area contributed by atoms with Crippen molar-refractivity contribution in [3.05, 3.63) is 87.7 Å². The minimum atomic E-state index is -0.0843. The molecule has 1 aliphatic rings. The molecule has 0 bridgehead atoms. The smallest absolute Gasteiger partial charge is 0.246 e. The summed E-state index contributed by atoms with van der Waals surface area (Å²) in [5.41, 5.74) is 6.18. The van der Waals surface area contributed by atoms with E-state index in [0.29, 0.717) is 18.2 Å². The first-order valence-electron chi connectivity index (χ1n) is 11.5. The molecule has 4 rings (SSSR count). The lowest BCUT2D eigenvalue weighted by atomic mass is 10.1. The zero-order chi connectivity index (χ0) is 24.1. The van der Waals surface area contributed by atoms with Gasteiger partial charge in [-0.15, -0.1) is 0 Å². The number of carbonyl (C=O) groups excluding carboxylic acids is 1. The largest absolute Gasteiger partial charge is 0.378 e. The van der Waals surface area contributed by atoms with Crippen molar-refractivity contribution >= 4 is 29.3 Å². The second-order valence-corrected chi connectivity index (χ2v) is 9.08. The molecule has 0 atom stereocenters. The zero-order valence-corrected chi connectivity index (χ0v) is 20.8. The van der Waals surface area contributed by atoms with E-state index in [4.69, 9.17) is 16.3 Å². The lowest BCUT2D eigenvalue weighted by Gasteiger charge is -2.29. The Bertz CT molecular complexity index is 1150. The summed E-state index contributed by atoms with van der Waals surface area (Å²) in [5.74, 6) is -0.0843. The van der Waals surface area contributed by atoms with Crippen LogP contribution in [0.5, 0.6) is 0 Å². The summed E-state index contributed by atoms with van der Waals surface area (Å²) in [4.78, 5) is 16.7. The van der Waals surface area contributed by atoms with E-state index in [1.54, 1.807) is 28.8 Å². The maximum Gasteiger partial charge on any atom is 0.246 e. The number of aryl methyl sites for hydroxylation is 2. The maximum atomic E-state index is 12.7. The van der Waals surface area contributed by atoms with Gasteiger partial charge in [0, 0.05) is 44.0 Å². The molecule has 2 heterocycles. The Balaban J connectivity index is 1.37. The number of nitrogens with zero attached hydrogens (tertiary/aromatic N) is 4. The van der Waals surface area contributed by atoms with Gasteiger partial charge in [-0.05, 0) is 43.2 Å². The molecule has 34 heavy (non-hydrogen) atoms. The van der Waals surface area contributed by atoms with Crippen LogP contribution in [0.15, 0.2) is 54.6 Å². The normalized spacial score (nSPS) is 14.1. The van der Waals surface area contributed by atoms with Gasteiger partial charge in [0.1, 0.15) is 5.15 Å². The fourth-order valence-electron chi connectivity index (χ4n) is 4.00. The quantitative estimate of drug-likeness (QED) is 0.461. The number of halogens is 1. The van der Waals surface area contributed by atoms with Crippen molar-refractivity contribution in [2.45, 2.75) is 26.9 Å². The predicted molar refractivity (Wildman–Crippen MR) is 137 cm³/mol. The van der Waals surface area contributed by atoms with E-state index in [9.17, 15) is 4.79 Å². The van der Waals surface area contributed by atoms with Crippen LogP contribution in [0.1, 0.15) is 27.9 Å². The van der Waals surface area contributed by atoms with Gasteiger partial charge in [0.15, 0.2) is 0 Å². The summed E-state index contributed by atoms with van der Waals surface area (Å²) in [5, 5.41) is 5.09. The maximum absolute atomic E-state index is 12.7. The standard InChI is InChI=1S/C27H31ClN4O2/c1-20-4-6-23(7-5-20)19-32-27(28)25(21(2)29-32)12-13-26(33)30(3)18-22-8-10-24(11-9-22)31-14-16-34-17-15-31/h4-13H,14-19H2,1-3H3/b13-12+. The van der Waals surface area contributed by atoms with Gasteiger partial charge in [-0.2, -0.15) is 5.10 Å². The molecule has 1 fully saturated rings. The van der Waals surface area contributed by atoms with E-state index in [-0.39, 0.29) is 5.91 Å². The first kappa shape index (κ1) is 24.0. The second kappa shape index (κ2) is 10.9. The van der Waals surface area contributed by atoms with Crippen LogP contribution in [0.2, 0.25) is 5.15 Å². The van der Waals surface area contributed by atoms with Gasteiger partial charge in [0.05, 0.1) is 25.5 Å². The predicted octanol–water partition coefficient (Wildman–Crippen LogP) is 4.71. The van der Waals surface area contributed by atoms with Gasteiger partial charge in [-0.1, -0.05) is 53.6 Å². The lowest BCUT2D eigenvalue weighted by Crippen LogP contribution is -2.36. The number of hydrogen-bond acceptors (Lipinski definition) is 4. The number of morpholine rings is 1. The van der Waals surface area contributed by atoms with E-state index in [0.717, 1.165) is 48.7 Å². The number of ether oxygens (including phenoxy) is 1. The minimum Gasteiger partial charge on any atom is -0.378 e. The van der Waals surface area contributed by atoms with Crippen molar-refractivity contribution in [1.29, 1.82) is 0 Å². The third-order valence-corrected chi connectivity index (χ3v) is 6.46. The van der Waals surface area contributed by atoms with E-state index < -0.39 is 0 Å². The van der Waals surface area contributed by atoms with E-state index in [2.05, 4.69) is 65.5 Å². The van der Waals surface area contributed by atoms with Crippen LogP contribution >= 0.6 is 11.6 Å². The van der Waals surface area contributed by atoms with Crippen LogP contribution in [0.3, 0.4) is 0 Å². The monoisotopic (exact) mass is 478 g/mol. The third-order valence-electron chi connectivity index (χ3n) is 6.06. The Hall–Kier alpha value is -3.09. The number of rotatable bonds is 7. The SMILES string of the molecule is Cc1ccc(Cn2nc(C)c(/C=C/C(=O)N(C)Cc3ccc(N4CCOCC4)cc3)c2Cl)cc1. The summed E-state index contributed by atoms with van der Waals surface area (Å²) in [7, 11) is 1.80. The van der Waals surface area contributed by atoms with Crippen molar-refractivity contribution < 1.29 is 9.53 Å². The fraction of sp³-hybridized carbons (Fsp3) is 0.333. The lowest BCUT2D eigenvalue weighted by molar-refractivity contribution is -0.125. The van der Waals surface area contributed by atoms with E-state index in [1.165, 1.54) is 11.3 Å². The molecular weight excluding hydrogens is 448 g/mol. The Labute approximate surface area is 206 Å². The van der Waals surface area contributed by atoms with Crippen molar-refractivity contribution in [2.24, 2.45) is 0 Å². The molecule has 0 unspecified atom stereocenters. The van der Waals surface area contributed by atoms with Crippen LogP contribution in [0.4, 0.5) is 5.69 Å². The summed E-state index contributed by atoms with van der Waals surface area (Å²) >= 11 is 6.59. The van der Waals surface area contributed by atoms with E-state index >= 15 is 0 Å². The Kier molecular flexibility index (Phi) is 7.70. The van der Waals surface area contributed by atoms with Gasteiger partial charge in [0.2, 0.25) is 5.91 Å². The molecule has 0 N–H and O–H groups in total. The molecule has 0 spiro atoms. The molecule has 178 valence electrons. The first-order chi connectivity index (χ1) is 16.4. The van der Waals surface area contributed by atoms with E-state index in [1.807, 2.05) is 6.92 Å². The molecule has 3 aromatic rings. The van der Waals surface area contributed by atoms with Gasteiger partial charge in [0.25, 0.3) is 0 Å². The number of amides is 1. The van der Waals surface area contributed by atoms with Gasteiger partial charge in [-0.25, -0.2) is 4.68 Å². The molecule has 1 saturated heterocycles. The molecule has 1 aliphatic heterocycles. The first-order valence-corrected chi connectivity index (χ1v) is 11.9. The Morgan fingerprint density at radius 3 is 2.38 bits per heavy atom. The average molecular weight is 479 g/mol. The molecule has 0 aliphatic carbocycles. The van der Waals surface area contributed by atoms with Crippen molar-refractivity contribution in [3.8, 4) is 0 Å². The van der Waals surface area contributed by atoms with Gasteiger partial charge >= 0.3 is 0 Å². The number of carbonyl (C=O) groups is 1. The summed E-state index contributed by atoms with van der Waals surface area (Å²) < 4.78 is 7.19. The van der Waals surface area contributed by atoms with Crippen LogP contribution in [-0.2, 0) is 22.6 Å². The number of likely N-dealkylation sites (N-methyl/N-ethyl adjacent to an activating group) is 1. The topological polar surface area (TPSA) is 50.6 Å². The highest BCUT2D eigenvalue weighted by atomic mass is 35.5. The summed E-state index contributed by atoms with van der Waals surface area (Å²) in [6.45, 7) is 8.43. The minimum absolute atomic E-state index is 0.0843. The Morgan fingerprint density at radius 2 is 1.71 bits per heavy atom.